The molecule has 0 spiro atoms. The molecule has 24 heavy (non-hydrogen) atoms. The van der Waals surface area contributed by atoms with Crippen LogP contribution in [-0.2, 0) is 0 Å². The van der Waals surface area contributed by atoms with Crippen molar-refractivity contribution in [3.63, 3.8) is 0 Å². The number of aromatic nitrogens is 2. The number of anilines is 1. The summed E-state index contributed by atoms with van der Waals surface area (Å²) in [6, 6.07) is 0.624. The molecule has 2 amide bonds. The molecule has 2 heterocycles. The molecule has 132 valence electrons. The van der Waals surface area contributed by atoms with Crippen LogP contribution >= 0.6 is 0 Å². The van der Waals surface area contributed by atoms with Gasteiger partial charge in [0.15, 0.2) is 0 Å². The second-order valence-corrected chi connectivity index (χ2v) is 7.13. The molecule has 1 aromatic rings. The average molecular weight is 331 g/mol. The molecule has 0 aromatic carbocycles. The van der Waals surface area contributed by atoms with Gasteiger partial charge in [0.25, 0.3) is 0 Å². The predicted molar refractivity (Wildman–Crippen MR) is 95.3 cm³/mol. The van der Waals surface area contributed by atoms with Crippen LogP contribution in [0.4, 0.5) is 10.6 Å². The minimum absolute atomic E-state index is 0.00637. The standard InChI is InChI=1S/C18H29N5O/c1-13-12-19-14(2)17(20-13)23-10-8-16(9-11-23)22-18(24)21-15-6-4-3-5-7-15/h12,15-16H,3-11H2,1-2H3,(H2,21,22,24). The van der Waals surface area contributed by atoms with Gasteiger partial charge in [-0.15, -0.1) is 0 Å². The molecule has 0 radical (unpaired) electrons. The molecule has 2 N–H and O–H groups in total. The van der Waals surface area contributed by atoms with E-state index in [9.17, 15) is 4.79 Å². The smallest absolute Gasteiger partial charge is 0.315 e. The van der Waals surface area contributed by atoms with E-state index >= 15 is 0 Å². The number of aryl methyl sites for hydroxylation is 2. The molecule has 0 bridgehead atoms. The quantitative estimate of drug-likeness (QED) is 0.893. The Bertz CT molecular complexity index is 563. The topological polar surface area (TPSA) is 70.2 Å². The first-order valence-corrected chi connectivity index (χ1v) is 9.24. The SMILES string of the molecule is Cc1cnc(C)c(N2CCC(NC(=O)NC3CCCCC3)CC2)n1. The molecule has 0 atom stereocenters. The van der Waals surface area contributed by atoms with Gasteiger partial charge in [-0.05, 0) is 39.5 Å². The molecule has 6 heteroatoms. The third-order valence-corrected chi connectivity index (χ3v) is 5.12. The monoisotopic (exact) mass is 331 g/mol. The Morgan fingerprint density at radius 2 is 1.67 bits per heavy atom. The van der Waals surface area contributed by atoms with E-state index in [-0.39, 0.29) is 12.1 Å². The van der Waals surface area contributed by atoms with Crippen molar-refractivity contribution in [2.75, 3.05) is 18.0 Å². The lowest BCUT2D eigenvalue weighted by molar-refractivity contribution is 0.226. The first kappa shape index (κ1) is 17.0. The predicted octanol–water partition coefficient (Wildman–Crippen LogP) is 2.69. The highest BCUT2D eigenvalue weighted by Gasteiger charge is 2.24. The van der Waals surface area contributed by atoms with Crippen molar-refractivity contribution in [2.24, 2.45) is 0 Å². The van der Waals surface area contributed by atoms with Gasteiger partial charge in [-0.1, -0.05) is 19.3 Å². The van der Waals surface area contributed by atoms with E-state index in [0.29, 0.717) is 6.04 Å². The minimum Gasteiger partial charge on any atom is -0.355 e. The Hall–Kier alpha value is -1.85. The van der Waals surface area contributed by atoms with Crippen molar-refractivity contribution in [3.05, 3.63) is 17.6 Å². The number of nitrogens with zero attached hydrogens (tertiary/aromatic N) is 3. The van der Waals surface area contributed by atoms with Crippen LogP contribution in [0.15, 0.2) is 6.20 Å². The molecule has 3 rings (SSSR count). The van der Waals surface area contributed by atoms with E-state index in [4.69, 9.17) is 0 Å². The Kier molecular flexibility index (Phi) is 5.53. The van der Waals surface area contributed by atoms with Crippen molar-refractivity contribution in [2.45, 2.75) is 70.9 Å². The highest BCUT2D eigenvalue weighted by Crippen LogP contribution is 2.21. The summed E-state index contributed by atoms with van der Waals surface area (Å²) < 4.78 is 0. The fourth-order valence-corrected chi connectivity index (χ4v) is 3.72. The molecule has 2 aliphatic rings. The maximum Gasteiger partial charge on any atom is 0.315 e. The lowest BCUT2D eigenvalue weighted by Crippen LogP contribution is -2.50. The van der Waals surface area contributed by atoms with Crippen LogP contribution in [0, 0.1) is 13.8 Å². The van der Waals surface area contributed by atoms with Gasteiger partial charge in [0.05, 0.1) is 11.4 Å². The van der Waals surface area contributed by atoms with Gasteiger partial charge in [0.2, 0.25) is 0 Å². The van der Waals surface area contributed by atoms with E-state index in [1.807, 2.05) is 20.0 Å². The zero-order chi connectivity index (χ0) is 16.9. The summed E-state index contributed by atoms with van der Waals surface area (Å²) in [4.78, 5) is 23.5. The van der Waals surface area contributed by atoms with Gasteiger partial charge in [-0.3, -0.25) is 4.98 Å². The summed E-state index contributed by atoms with van der Waals surface area (Å²) in [5, 5.41) is 6.29. The third-order valence-electron chi connectivity index (χ3n) is 5.12. The van der Waals surface area contributed by atoms with Crippen molar-refractivity contribution in [1.82, 2.24) is 20.6 Å². The molecule has 2 fully saturated rings. The van der Waals surface area contributed by atoms with E-state index in [2.05, 4.69) is 25.5 Å². The normalized spacial score (nSPS) is 20.0. The van der Waals surface area contributed by atoms with Gasteiger partial charge in [0, 0.05) is 31.4 Å². The molecule has 1 aliphatic heterocycles. The summed E-state index contributed by atoms with van der Waals surface area (Å²) in [5.41, 5.74) is 1.92. The number of nitrogens with one attached hydrogen (secondary N) is 2. The lowest BCUT2D eigenvalue weighted by atomic mass is 9.96. The Morgan fingerprint density at radius 1 is 1.04 bits per heavy atom. The van der Waals surface area contributed by atoms with Crippen LogP contribution in [-0.4, -0.2) is 41.2 Å². The minimum atomic E-state index is 0.00637. The number of carbonyl (C=O) groups is 1. The van der Waals surface area contributed by atoms with E-state index in [0.717, 1.165) is 56.0 Å². The zero-order valence-corrected chi connectivity index (χ0v) is 14.8. The highest BCUT2D eigenvalue weighted by molar-refractivity contribution is 5.74. The van der Waals surface area contributed by atoms with Crippen LogP contribution in [0.5, 0.6) is 0 Å². The zero-order valence-electron chi connectivity index (χ0n) is 14.8. The van der Waals surface area contributed by atoms with Crippen molar-refractivity contribution < 1.29 is 4.79 Å². The summed E-state index contributed by atoms with van der Waals surface area (Å²) in [7, 11) is 0. The van der Waals surface area contributed by atoms with Crippen molar-refractivity contribution in [3.8, 4) is 0 Å². The van der Waals surface area contributed by atoms with E-state index in [1.54, 1.807) is 0 Å². The summed E-state index contributed by atoms with van der Waals surface area (Å²) in [6.07, 6.45) is 9.73. The van der Waals surface area contributed by atoms with Gasteiger partial charge in [-0.25, -0.2) is 9.78 Å². The van der Waals surface area contributed by atoms with Crippen LogP contribution < -0.4 is 15.5 Å². The van der Waals surface area contributed by atoms with E-state index in [1.165, 1.54) is 19.3 Å². The summed E-state index contributed by atoms with van der Waals surface area (Å²) >= 11 is 0. The first-order chi connectivity index (χ1) is 11.6. The number of amides is 2. The number of hydrogen-bond acceptors (Lipinski definition) is 4. The second-order valence-electron chi connectivity index (χ2n) is 7.13. The fourth-order valence-electron chi connectivity index (χ4n) is 3.72. The maximum atomic E-state index is 12.2. The average Bonchev–Trinajstić information content (AvgIpc) is 2.59. The number of rotatable bonds is 3. The van der Waals surface area contributed by atoms with E-state index < -0.39 is 0 Å². The molecule has 1 saturated carbocycles. The van der Waals surface area contributed by atoms with Crippen LogP contribution in [0.2, 0.25) is 0 Å². The van der Waals surface area contributed by atoms with Gasteiger partial charge >= 0.3 is 6.03 Å². The van der Waals surface area contributed by atoms with Crippen LogP contribution in [0.25, 0.3) is 0 Å². The fraction of sp³-hybridized carbons (Fsp3) is 0.722. The number of piperidine rings is 1. The molecule has 1 aliphatic carbocycles. The number of carbonyl (C=O) groups excluding carboxylic acids is 1. The molecule has 0 unspecified atom stereocenters. The molecule has 1 aromatic heterocycles. The molecule has 6 nitrogen and oxygen atoms in total. The maximum absolute atomic E-state index is 12.2. The summed E-state index contributed by atoms with van der Waals surface area (Å²) in [5.74, 6) is 0.986. The Morgan fingerprint density at radius 3 is 2.33 bits per heavy atom. The summed E-state index contributed by atoms with van der Waals surface area (Å²) in [6.45, 7) is 5.80. The van der Waals surface area contributed by atoms with Crippen molar-refractivity contribution in [1.29, 1.82) is 0 Å². The van der Waals surface area contributed by atoms with Crippen molar-refractivity contribution >= 4 is 11.8 Å². The number of urea groups is 1. The van der Waals surface area contributed by atoms with Crippen LogP contribution in [0.1, 0.15) is 56.3 Å². The van der Waals surface area contributed by atoms with Gasteiger partial charge in [-0.2, -0.15) is 0 Å². The Labute approximate surface area is 144 Å². The molecular formula is C18H29N5O. The third kappa shape index (κ3) is 4.36. The van der Waals surface area contributed by atoms with Gasteiger partial charge in [0.1, 0.15) is 5.82 Å². The number of hydrogen-bond donors (Lipinski definition) is 2. The molecule has 1 saturated heterocycles. The second kappa shape index (κ2) is 7.81. The lowest BCUT2D eigenvalue weighted by Gasteiger charge is -2.34. The molecular weight excluding hydrogens is 302 g/mol. The van der Waals surface area contributed by atoms with Gasteiger partial charge < -0.3 is 15.5 Å². The highest BCUT2D eigenvalue weighted by atomic mass is 16.2. The largest absolute Gasteiger partial charge is 0.355 e. The van der Waals surface area contributed by atoms with Crippen LogP contribution in [0.3, 0.4) is 0 Å². The Balaban J connectivity index is 1.46. The first-order valence-electron chi connectivity index (χ1n) is 9.24.